The molecule has 1 atom stereocenters. The number of fused-ring (bicyclic) bond motifs is 1. The third kappa shape index (κ3) is 2.99. The number of aromatic nitrogens is 1. The topological polar surface area (TPSA) is 80.5 Å². The fraction of sp³-hybridized carbons (Fsp3) is 0.263. The molecule has 6 nitrogen and oxygen atoms in total. The van der Waals surface area contributed by atoms with Crippen LogP contribution in [0, 0.1) is 0 Å². The lowest BCUT2D eigenvalue weighted by molar-refractivity contribution is 0.0749. The van der Waals surface area contributed by atoms with Crippen molar-refractivity contribution >= 4 is 26.6 Å². The third-order valence-corrected chi connectivity index (χ3v) is 6.55. The lowest BCUT2D eigenvalue weighted by Gasteiger charge is -2.24. The number of hydrogen-bond acceptors (Lipinski definition) is 5. The van der Waals surface area contributed by atoms with E-state index in [1.165, 1.54) is 4.90 Å². The minimum Gasteiger partial charge on any atom is -0.463 e. The molecule has 0 saturated carbocycles. The summed E-state index contributed by atoms with van der Waals surface area (Å²) in [6.45, 7) is 0. The van der Waals surface area contributed by atoms with Crippen molar-refractivity contribution in [1.29, 1.82) is 0 Å². The van der Waals surface area contributed by atoms with E-state index in [0.29, 0.717) is 29.0 Å². The molecule has 0 radical (unpaired) electrons. The molecule has 0 N–H and O–H groups in total. The molecule has 2 aromatic heterocycles. The molecule has 1 amide bonds. The van der Waals surface area contributed by atoms with Crippen molar-refractivity contribution in [1.82, 2.24) is 9.88 Å². The lowest BCUT2D eigenvalue weighted by Crippen LogP contribution is -2.38. The summed E-state index contributed by atoms with van der Waals surface area (Å²) < 4.78 is 29.0. The predicted octanol–water partition coefficient (Wildman–Crippen LogP) is 2.75. The molecule has 3 heterocycles. The van der Waals surface area contributed by atoms with Gasteiger partial charge in [-0.05, 0) is 30.7 Å². The lowest BCUT2D eigenvalue weighted by atomic mass is 10.0. The van der Waals surface area contributed by atoms with Crippen LogP contribution < -0.4 is 0 Å². The van der Waals surface area contributed by atoms with Gasteiger partial charge in [0.2, 0.25) is 0 Å². The summed E-state index contributed by atoms with van der Waals surface area (Å²) in [4.78, 5) is 19.3. The van der Waals surface area contributed by atoms with Gasteiger partial charge in [-0.1, -0.05) is 18.2 Å². The van der Waals surface area contributed by atoms with Gasteiger partial charge in [-0.25, -0.2) is 13.4 Å². The van der Waals surface area contributed by atoms with Crippen molar-refractivity contribution in [2.75, 3.05) is 18.6 Å². The van der Waals surface area contributed by atoms with Gasteiger partial charge in [-0.2, -0.15) is 0 Å². The Balaban J connectivity index is 1.78. The zero-order valence-corrected chi connectivity index (χ0v) is 15.1. The Labute approximate surface area is 151 Å². The number of para-hydroxylation sites is 1. The van der Waals surface area contributed by atoms with E-state index in [1.807, 2.05) is 24.3 Å². The molecule has 3 aromatic rings. The summed E-state index contributed by atoms with van der Waals surface area (Å²) in [5.41, 5.74) is 1.76. The maximum absolute atomic E-state index is 13.2. The number of benzene rings is 1. The molecule has 1 unspecified atom stereocenters. The zero-order valence-electron chi connectivity index (χ0n) is 14.3. The SMILES string of the molecule is CN(C(=O)c1cc(-c2ccco2)nc2ccccc12)C1CCS(=O)(=O)C1. The highest BCUT2D eigenvalue weighted by atomic mass is 32.2. The Bertz CT molecular complexity index is 1070. The highest BCUT2D eigenvalue weighted by molar-refractivity contribution is 7.91. The maximum atomic E-state index is 13.2. The first-order valence-corrected chi connectivity index (χ1v) is 10.2. The van der Waals surface area contributed by atoms with Crippen LogP contribution in [-0.2, 0) is 9.84 Å². The molecular formula is C19H18N2O4S. The molecule has 7 heteroatoms. The number of hydrogen-bond donors (Lipinski definition) is 0. The molecule has 1 aliphatic heterocycles. The second-order valence-corrected chi connectivity index (χ2v) is 8.75. The number of furan rings is 1. The van der Waals surface area contributed by atoms with E-state index in [0.717, 1.165) is 5.39 Å². The molecule has 134 valence electrons. The van der Waals surface area contributed by atoms with E-state index in [-0.39, 0.29) is 23.5 Å². The zero-order chi connectivity index (χ0) is 18.3. The van der Waals surface area contributed by atoms with E-state index in [9.17, 15) is 13.2 Å². The minimum absolute atomic E-state index is 0.0172. The van der Waals surface area contributed by atoms with Crippen LogP contribution in [0.3, 0.4) is 0 Å². The van der Waals surface area contributed by atoms with Crippen LogP contribution in [0.2, 0.25) is 0 Å². The second kappa shape index (κ2) is 6.25. The molecule has 26 heavy (non-hydrogen) atoms. The van der Waals surface area contributed by atoms with Crippen LogP contribution in [-0.4, -0.2) is 48.8 Å². The van der Waals surface area contributed by atoms with Crippen molar-refractivity contribution in [3.05, 3.63) is 54.3 Å². The number of carbonyl (C=O) groups excluding carboxylic acids is 1. The van der Waals surface area contributed by atoms with Crippen molar-refractivity contribution < 1.29 is 17.6 Å². The summed E-state index contributed by atoms with van der Waals surface area (Å²) >= 11 is 0. The summed E-state index contributed by atoms with van der Waals surface area (Å²) in [5.74, 6) is 0.516. The second-order valence-electron chi connectivity index (χ2n) is 6.52. The maximum Gasteiger partial charge on any atom is 0.254 e. The Morgan fingerprint density at radius 2 is 2.04 bits per heavy atom. The minimum atomic E-state index is -3.06. The molecule has 1 fully saturated rings. The Morgan fingerprint density at radius 3 is 2.73 bits per heavy atom. The van der Waals surface area contributed by atoms with E-state index in [4.69, 9.17) is 4.42 Å². The Morgan fingerprint density at radius 1 is 1.23 bits per heavy atom. The monoisotopic (exact) mass is 370 g/mol. The van der Waals surface area contributed by atoms with Gasteiger partial charge in [-0.3, -0.25) is 4.79 Å². The smallest absolute Gasteiger partial charge is 0.254 e. The summed E-state index contributed by atoms with van der Waals surface area (Å²) in [5, 5.41) is 0.737. The first kappa shape index (κ1) is 16.8. The molecule has 4 rings (SSSR count). The van der Waals surface area contributed by atoms with Crippen LogP contribution in [0.25, 0.3) is 22.4 Å². The highest BCUT2D eigenvalue weighted by Crippen LogP contribution is 2.27. The molecule has 0 bridgehead atoms. The van der Waals surface area contributed by atoms with Crippen LogP contribution in [0.15, 0.2) is 53.1 Å². The van der Waals surface area contributed by atoms with Gasteiger partial charge in [-0.15, -0.1) is 0 Å². The largest absolute Gasteiger partial charge is 0.463 e. The molecule has 0 spiro atoms. The quantitative estimate of drug-likeness (QED) is 0.708. The standard InChI is InChI=1S/C19H18N2O4S/c1-21(13-8-10-26(23,24)12-13)19(22)15-11-17(18-7-4-9-25-18)20-16-6-3-2-5-14(15)16/h2-7,9,11,13H,8,10,12H2,1H3. The number of rotatable bonds is 3. The van der Waals surface area contributed by atoms with Crippen molar-refractivity contribution in [3.8, 4) is 11.5 Å². The van der Waals surface area contributed by atoms with Crippen molar-refractivity contribution in [2.45, 2.75) is 12.5 Å². The molecular weight excluding hydrogens is 352 g/mol. The van der Waals surface area contributed by atoms with Gasteiger partial charge in [0.1, 0.15) is 5.69 Å². The van der Waals surface area contributed by atoms with E-state index >= 15 is 0 Å². The first-order valence-electron chi connectivity index (χ1n) is 8.36. The summed E-state index contributed by atoms with van der Waals surface area (Å²) in [6.07, 6.45) is 2.03. The van der Waals surface area contributed by atoms with Crippen LogP contribution in [0.5, 0.6) is 0 Å². The van der Waals surface area contributed by atoms with E-state index in [2.05, 4.69) is 4.98 Å². The Hall–Kier alpha value is -2.67. The average molecular weight is 370 g/mol. The van der Waals surface area contributed by atoms with Crippen molar-refractivity contribution in [2.24, 2.45) is 0 Å². The number of amides is 1. The van der Waals surface area contributed by atoms with Gasteiger partial charge in [0.05, 0.1) is 28.8 Å². The fourth-order valence-electron chi connectivity index (χ4n) is 3.34. The fourth-order valence-corrected chi connectivity index (χ4v) is 5.11. The predicted molar refractivity (Wildman–Crippen MR) is 98.6 cm³/mol. The van der Waals surface area contributed by atoms with Crippen LogP contribution in [0.4, 0.5) is 0 Å². The summed E-state index contributed by atoms with van der Waals surface area (Å²) in [6, 6.07) is 12.4. The molecule has 1 saturated heterocycles. The van der Waals surface area contributed by atoms with Gasteiger partial charge in [0, 0.05) is 18.5 Å². The normalized spacial score (nSPS) is 18.9. The highest BCUT2D eigenvalue weighted by Gasteiger charge is 2.33. The van der Waals surface area contributed by atoms with Gasteiger partial charge < -0.3 is 9.32 Å². The Kier molecular flexibility index (Phi) is 4.03. The van der Waals surface area contributed by atoms with Gasteiger partial charge in [0.25, 0.3) is 5.91 Å². The van der Waals surface area contributed by atoms with Gasteiger partial charge in [0.15, 0.2) is 15.6 Å². The molecule has 1 aliphatic rings. The first-order chi connectivity index (χ1) is 12.4. The third-order valence-electron chi connectivity index (χ3n) is 4.80. The van der Waals surface area contributed by atoms with E-state index in [1.54, 1.807) is 31.5 Å². The number of carbonyl (C=O) groups is 1. The number of sulfone groups is 1. The van der Waals surface area contributed by atoms with Gasteiger partial charge >= 0.3 is 0 Å². The summed E-state index contributed by atoms with van der Waals surface area (Å²) in [7, 11) is -1.40. The number of nitrogens with zero attached hydrogens (tertiary/aromatic N) is 2. The van der Waals surface area contributed by atoms with E-state index < -0.39 is 9.84 Å². The van der Waals surface area contributed by atoms with Crippen LogP contribution >= 0.6 is 0 Å². The number of pyridine rings is 1. The average Bonchev–Trinajstić information content (AvgIpc) is 3.29. The van der Waals surface area contributed by atoms with Crippen LogP contribution in [0.1, 0.15) is 16.8 Å². The molecule has 1 aromatic carbocycles. The van der Waals surface area contributed by atoms with Crippen molar-refractivity contribution in [3.63, 3.8) is 0 Å². The molecule has 0 aliphatic carbocycles.